The van der Waals surface area contributed by atoms with Crippen LogP contribution in [0.25, 0.3) is 0 Å². The third-order valence-corrected chi connectivity index (χ3v) is 4.46. The number of carbonyl (C=O) groups is 1. The summed E-state index contributed by atoms with van der Waals surface area (Å²) in [6.07, 6.45) is 4.74. The Hall–Kier alpha value is -2.92. The summed E-state index contributed by atoms with van der Waals surface area (Å²) in [5.74, 6) is -0.282. The summed E-state index contributed by atoms with van der Waals surface area (Å²) in [5.41, 5.74) is 5.14. The predicted octanol–water partition coefficient (Wildman–Crippen LogP) is 4.31. The SMILES string of the molecule is Cc1ccc(Sc2ccc(C=NNC(=O)c3cccnc3)cc2)cc1. The number of amides is 1. The Morgan fingerprint density at radius 2 is 1.72 bits per heavy atom. The van der Waals surface area contributed by atoms with Crippen LogP contribution in [0, 0.1) is 6.92 Å². The lowest BCUT2D eigenvalue weighted by molar-refractivity contribution is 0.0955. The topological polar surface area (TPSA) is 54.4 Å². The third kappa shape index (κ3) is 5.02. The van der Waals surface area contributed by atoms with Gasteiger partial charge in [0.05, 0.1) is 11.8 Å². The summed E-state index contributed by atoms with van der Waals surface area (Å²) in [4.78, 5) is 18.1. The number of nitrogens with one attached hydrogen (secondary N) is 1. The molecule has 5 heteroatoms. The van der Waals surface area contributed by atoms with Crippen LogP contribution < -0.4 is 5.43 Å². The van der Waals surface area contributed by atoms with E-state index in [4.69, 9.17) is 0 Å². The molecule has 1 heterocycles. The van der Waals surface area contributed by atoms with E-state index < -0.39 is 0 Å². The van der Waals surface area contributed by atoms with Gasteiger partial charge in [-0.1, -0.05) is 41.6 Å². The standard InChI is InChI=1S/C20H17N3OS/c1-15-4-8-18(9-5-15)25-19-10-6-16(7-11-19)13-22-23-20(24)17-3-2-12-21-14-17/h2-14H,1H3,(H,23,24). The average molecular weight is 347 g/mol. The van der Waals surface area contributed by atoms with Crippen molar-refractivity contribution in [2.45, 2.75) is 16.7 Å². The van der Waals surface area contributed by atoms with Crippen molar-refractivity contribution in [1.29, 1.82) is 0 Å². The minimum Gasteiger partial charge on any atom is -0.267 e. The molecule has 1 N–H and O–H groups in total. The number of aromatic nitrogens is 1. The number of hydrogen-bond acceptors (Lipinski definition) is 4. The van der Waals surface area contributed by atoms with E-state index in [0.717, 1.165) is 10.5 Å². The lowest BCUT2D eigenvalue weighted by atomic mass is 10.2. The lowest BCUT2D eigenvalue weighted by Gasteiger charge is -2.03. The predicted molar refractivity (Wildman–Crippen MR) is 101 cm³/mol. The zero-order chi connectivity index (χ0) is 17.5. The summed E-state index contributed by atoms with van der Waals surface area (Å²) >= 11 is 1.71. The largest absolute Gasteiger partial charge is 0.272 e. The summed E-state index contributed by atoms with van der Waals surface area (Å²) < 4.78 is 0. The first-order chi connectivity index (χ1) is 12.2. The number of rotatable bonds is 5. The van der Waals surface area contributed by atoms with Gasteiger partial charge in [0.15, 0.2) is 0 Å². The second-order valence-electron chi connectivity index (χ2n) is 5.42. The quantitative estimate of drug-likeness (QED) is 0.553. The van der Waals surface area contributed by atoms with Gasteiger partial charge in [-0.05, 0) is 48.9 Å². The van der Waals surface area contributed by atoms with Gasteiger partial charge in [-0.2, -0.15) is 5.10 Å². The maximum atomic E-state index is 11.8. The molecule has 4 nitrogen and oxygen atoms in total. The molecular weight excluding hydrogens is 330 g/mol. The van der Waals surface area contributed by atoms with Gasteiger partial charge < -0.3 is 0 Å². The molecule has 0 radical (unpaired) electrons. The smallest absolute Gasteiger partial charge is 0.267 e. The monoisotopic (exact) mass is 347 g/mol. The minimum absolute atomic E-state index is 0.282. The van der Waals surface area contributed by atoms with Crippen LogP contribution in [0.4, 0.5) is 0 Å². The molecule has 0 aliphatic carbocycles. The van der Waals surface area contributed by atoms with Crippen LogP contribution >= 0.6 is 11.8 Å². The van der Waals surface area contributed by atoms with E-state index in [9.17, 15) is 4.79 Å². The Bertz CT molecular complexity index is 860. The van der Waals surface area contributed by atoms with Gasteiger partial charge in [0.25, 0.3) is 5.91 Å². The normalized spacial score (nSPS) is 10.8. The molecule has 2 aromatic carbocycles. The molecule has 1 aromatic heterocycles. The summed E-state index contributed by atoms with van der Waals surface area (Å²) in [6.45, 7) is 2.08. The number of hydrazone groups is 1. The maximum Gasteiger partial charge on any atom is 0.272 e. The summed E-state index contributed by atoms with van der Waals surface area (Å²) in [7, 11) is 0. The highest BCUT2D eigenvalue weighted by Gasteiger charge is 2.02. The molecule has 124 valence electrons. The Kier molecular flexibility index (Phi) is 5.59. The molecule has 0 aliphatic heterocycles. The van der Waals surface area contributed by atoms with Crippen molar-refractivity contribution >= 4 is 23.9 Å². The number of pyridine rings is 1. The molecule has 1 amide bonds. The van der Waals surface area contributed by atoms with Crippen LogP contribution in [0.3, 0.4) is 0 Å². The van der Waals surface area contributed by atoms with Crippen molar-refractivity contribution in [2.24, 2.45) is 5.10 Å². The molecule has 0 fully saturated rings. The molecule has 3 rings (SSSR count). The van der Waals surface area contributed by atoms with Crippen LogP contribution in [0.15, 0.2) is 87.9 Å². The zero-order valence-corrected chi connectivity index (χ0v) is 14.5. The van der Waals surface area contributed by atoms with Crippen LogP contribution in [-0.2, 0) is 0 Å². The summed E-state index contributed by atoms with van der Waals surface area (Å²) in [6, 6.07) is 19.9. The van der Waals surface area contributed by atoms with Crippen molar-refractivity contribution in [2.75, 3.05) is 0 Å². The molecular formula is C20H17N3OS. The van der Waals surface area contributed by atoms with E-state index in [1.54, 1.807) is 36.3 Å². The number of hydrogen-bond donors (Lipinski definition) is 1. The molecule has 0 aliphatic rings. The molecule has 0 saturated heterocycles. The van der Waals surface area contributed by atoms with Crippen molar-refractivity contribution in [3.63, 3.8) is 0 Å². The van der Waals surface area contributed by atoms with Gasteiger partial charge >= 0.3 is 0 Å². The molecule has 3 aromatic rings. The minimum atomic E-state index is -0.282. The van der Waals surface area contributed by atoms with Crippen molar-refractivity contribution in [3.05, 3.63) is 89.7 Å². The van der Waals surface area contributed by atoms with E-state index in [1.807, 2.05) is 24.3 Å². The van der Waals surface area contributed by atoms with Crippen LogP contribution in [0.1, 0.15) is 21.5 Å². The molecule has 0 spiro atoms. The number of aryl methyl sites for hydroxylation is 1. The average Bonchev–Trinajstić information content (AvgIpc) is 2.66. The van der Waals surface area contributed by atoms with E-state index >= 15 is 0 Å². The van der Waals surface area contributed by atoms with Crippen molar-refractivity contribution in [3.8, 4) is 0 Å². The molecule has 0 saturated carbocycles. The summed E-state index contributed by atoms with van der Waals surface area (Å²) in [5, 5.41) is 3.98. The zero-order valence-electron chi connectivity index (χ0n) is 13.7. The van der Waals surface area contributed by atoms with Gasteiger partial charge in [-0.15, -0.1) is 0 Å². The van der Waals surface area contributed by atoms with Gasteiger partial charge in [0.1, 0.15) is 0 Å². The van der Waals surface area contributed by atoms with Crippen LogP contribution in [0.5, 0.6) is 0 Å². The van der Waals surface area contributed by atoms with Gasteiger partial charge in [0, 0.05) is 22.2 Å². The lowest BCUT2D eigenvalue weighted by Crippen LogP contribution is -2.17. The van der Waals surface area contributed by atoms with E-state index in [1.165, 1.54) is 16.7 Å². The fourth-order valence-corrected chi connectivity index (χ4v) is 2.91. The Morgan fingerprint density at radius 3 is 2.36 bits per heavy atom. The van der Waals surface area contributed by atoms with Crippen molar-refractivity contribution < 1.29 is 4.79 Å². The highest BCUT2D eigenvalue weighted by molar-refractivity contribution is 7.99. The second-order valence-corrected chi connectivity index (χ2v) is 6.57. The third-order valence-electron chi connectivity index (χ3n) is 3.44. The Labute approximate surface area is 151 Å². The van der Waals surface area contributed by atoms with Gasteiger partial charge in [0.2, 0.25) is 0 Å². The molecule has 0 unspecified atom stereocenters. The first-order valence-corrected chi connectivity index (χ1v) is 8.60. The number of benzene rings is 2. The van der Waals surface area contributed by atoms with Gasteiger partial charge in [-0.25, -0.2) is 5.43 Å². The van der Waals surface area contributed by atoms with Crippen molar-refractivity contribution in [1.82, 2.24) is 10.4 Å². The second kappa shape index (κ2) is 8.26. The van der Waals surface area contributed by atoms with Crippen LogP contribution in [-0.4, -0.2) is 17.1 Å². The van der Waals surface area contributed by atoms with Crippen LogP contribution in [0.2, 0.25) is 0 Å². The molecule has 0 atom stereocenters. The van der Waals surface area contributed by atoms with E-state index in [2.05, 4.69) is 46.7 Å². The highest BCUT2D eigenvalue weighted by atomic mass is 32.2. The molecule has 0 bridgehead atoms. The molecule has 25 heavy (non-hydrogen) atoms. The van der Waals surface area contributed by atoms with E-state index in [-0.39, 0.29) is 5.91 Å². The highest BCUT2D eigenvalue weighted by Crippen LogP contribution is 2.27. The van der Waals surface area contributed by atoms with Gasteiger partial charge in [-0.3, -0.25) is 9.78 Å². The maximum absolute atomic E-state index is 11.8. The first-order valence-electron chi connectivity index (χ1n) is 7.79. The van der Waals surface area contributed by atoms with E-state index in [0.29, 0.717) is 5.56 Å². The fourth-order valence-electron chi connectivity index (χ4n) is 2.09. The number of carbonyl (C=O) groups excluding carboxylic acids is 1. The fraction of sp³-hybridized carbons (Fsp3) is 0.0500. The Balaban J connectivity index is 1.57. The number of nitrogens with zero attached hydrogens (tertiary/aromatic N) is 2. The Morgan fingerprint density at radius 1 is 1.04 bits per heavy atom. The first kappa shape index (κ1) is 16.9.